The van der Waals surface area contributed by atoms with Gasteiger partial charge in [0.25, 0.3) is 0 Å². The highest BCUT2D eigenvalue weighted by Crippen LogP contribution is 2.17. The molecule has 1 aliphatic heterocycles. The number of nitrogens with one attached hydrogen (secondary N) is 1. The summed E-state index contributed by atoms with van der Waals surface area (Å²) in [4.78, 5) is 18.1. The number of aromatic nitrogens is 2. The van der Waals surface area contributed by atoms with Gasteiger partial charge < -0.3 is 24.2 Å². The number of hydrogen-bond donors (Lipinski definition) is 1. The Hall–Kier alpha value is -1.67. The van der Waals surface area contributed by atoms with Gasteiger partial charge in [-0.05, 0) is 34.1 Å². The van der Waals surface area contributed by atoms with E-state index < -0.39 is 5.60 Å². The summed E-state index contributed by atoms with van der Waals surface area (Å²) in [6.07, 6.45) is 1.79. The zero-order valence-electron chi connectivity index (χ0n) is 14.2. The standard InChI is InChI=1S/C15H26N4O4/c1-11(16-8-13-17-10-22-18-13)7-12-9-21-6-5-19(12)14(20)23-15(2,3)4/h10-12,16H,5-9H2,1-4H3. The van der Waals surface area contributed by atoms with E-state index in [4.69, 9.17) is 14.0 Å². The van der Waals surface area contributed by atoms with Crippen molar-refractivity contribution >= 4 is 6.09 Å². The van der Waals surface area contributed by atoms with Crippen molar-refractivity contribution in [2.75, 3.05) is 19.8 Å². The highest BCUT2D eigenvalue weighted by Gasteiger charge is 2.31. The van der Waals surface area contributed by atoms with Gasteiger partial charge in [-0.25, -0.2) is 4.79 Å². The molecule has 0 saturated carbocycles. The van der Waals surface area contributed by atoms with Crippen LogP contribution in [0.1, 0.15) is 39.9 Å². The summed E-state index contributed by atoms with van der Waals surface area (Å²) in [7, 11) is 0. The fourth-order valence-corrected chi connectivity index (χ4v) is 2.44. The monoisotopic (exact) mass is 326 g/mol. The highest BCUT2D eigenvalue weighted by molar-refractivity contribution is 5.68. The van der Waals surface area contributed by atoms with Gasteiger partial charge in [-0.1, -0.05) is 5.16 Å². The van der Waals surface area contributed by atoms with Gasteiger partial charge in [0, 0.05) is 12.6 Å². The molecular formula is C15H26N4O4. The maximum absolute atomic E-state index is 12.3. The molecule has 0 bridgehead atoms. The first-order valence-corrected chi connectivity index (χ1v) is 7.91. The van der Waals surface area contributed by atoms with Gasteiger partial charge in [0.05, 0.1) is 25.8 Å². The Morgan fingerprint density at radius 3 is 3.00 bits per heavy atom. The number of ether oxygens (including phenoxy) is 2. The van der Waals surface area contributed by atoms with Crippen LogP contribution in [0.25, 0.3) is 0 Å². The molecule has 1 saturated heterocycles. The molecule has 2 atom stereocenters. The van der Waals surface area contributed by atoms with E-state index in [1.54, 1.807) is 4.90 Å². The van der Waals surface area contributed by atoms with Crippen LogP contribution in [0, 0.1) is 0 Å². The zero-order chi connectivity index (χ0) is 16.9. The van der Waals surface area contributed by atoms with Gasteiger partial charge in [-0.2, -0.15) is 4.98 Å². The lowest BCUT2D eigenvalue weighted by Gasteiger charge is -2.37. The lowest BCUT2D eigenvalue weighted by molar-refractivity contribution is -0.0356. The van der Waals surface area contributed by atoms with Gasteiger partial charge in [0.15, 0.2) is 5.82 Å². The largest absolute Gasteiger partial charge is 0.444 e. The average Bonchev–Trinajstić information content (AvgIpc) is 2.97. The van der Waals surface area contributed by atoms with Crippen LogP contribution in [-0.4, -0.2) is 58.6 Å². The first kappa shape index (κ1) is 17.7. The number of rotatable bonds is 5. The van der Waals surface area contributed by atoms with Crippen molar-refractivity contribution in [1.29, 1.82) is 0 Å². The molecule has 8 heteroatoms. The Morgan fingerprint density at radius 1 is 1.57 bits per heavy atom. The van der Waals surface area contributed by atoms with Gasteiger partial charge in [0.2, 0.25) is 6.39 Å². The quantitative estimate of drug-likeness (QED) is 0.878. The number of amides is 1. The lowest BCUT2D eigenvalue weighted by Crippen LogP contribution is -2.52. The van der Waals surface area contributed by atoms with Gasteiger partial charge >= 0.3 is 6.09 Å². The summed E-state index contributed by atoms with van der Waals surface area (Å²) in [5.74, 6) is 0.612. The number of nitrogens with zero attached hydrogens (tertiary/aromatic N) is 3. The minimum absolute atomic E-state index is 0.00799. The smallest absolute Gasteiger partial charge is 0.410 e. The average molecular weight is 326 g/mol. The van der Waals surface area contributed by atoms with Gasteiger partial charge in [-0.15, -0.1) is 0 Å². The van der Waals surface area contributed by atoms with Crippen molar-refractivity contribution in [2.24, 2.45) is 0 Å². The molecule has 1 fully saturated rings. The van der Waals surface area contributed by atoms with E-state index in [1.165, 1.54) is 6.39 Å². The molecule has 8 nitrogen and oxygen atoms in total. The summed E-state index contributed by atoms with van der Waals surface area (Å²) in [5, 5.41) is 7.08. The highest BCUT2D eigenvalue weighted by atomic mass is 16.6. The minimum Gasteiger partial charge on any atom is -0.444 e. The van der Waals surface area contributed by atoms with Crippen molar-refractivity contribution in [3.8, 4) is 0 Å². The van der Waals surface area contributed by atoms with Crippen molar-refractivity contribution in [2.45, 2.75) is 58.3 Å². The van der Waals surface area contributed by atoms with Crippen molar-refractivity contribution in [3.63, 3.8) is 0 Å². The molecule has 2 unspecified atom stereocenters. The molecule has 0 aromatic carbocycles. The van der Waals surface area contributed by atoms with Crippen LogP contribution in [0.4, 0.5) is 4.79 Å². The maximum atomic E-state index is 12.3. The number of carbonyl (C=O) groups excluding carboxylic acids is 1. The topological polar surface area (TPSA) is 89.7 Å². The summed E-state index contributed by atoms with van der Waals surface area (Å²) < 4.78 is 15.7. The van der Waals surface area contributed by atoms with Crippen LogP contribution in [0.3, 0.4) is 0 Å². The molecule has 130 valence electrons. The fraction of sp³-hybridized carbons (Fsp3) is 0.800. The second-order valence-electron chi connectivity index (χ2n) is 6.77. The second kappa shape index (κ2) is 7.74. The molecule has 0 aliphatic carbocycles. The normalized spacial score (nSPS) is 20.3. The van der Waals surface area contributed by atoms with Crippen LogP contribution < -0.4 is 5.32 Å². The summed E-state index contributed by atoms with van der Waals surface area (Å²) in [6.45, 7) is 9.81. The Morgan fingerprint density at radius 2 is 2.35 bits per heavy atom. The maximum Gasteiger partial charge on any atom is 0.410 e. The molecule has 1 N–H and O–H groups in total. The van der Waals surface area contributed by atoms with Crippen LogP contribution in [0.5, 0.6) is 0 Å². The molecule has 1 aliphatic rings. The molecule has 2 rings (SSSR count). The molecule has 1 aromatic heterocycles. The number of morpholine rings is 1. The first-order valence-electron chi connectivity index (χ1n) is 7.91. The first-order chi connectivity index (χ1) is 10.8. The van der Waals surface area contributed by atoms with E-state index in [1.807, 2.05) is 20.8 Å². The van der Waals surface area contributed by atoms with Crippen molar-refractivity contribution < 1.29 is 18.8 Å². The summed E-state index contributed by atoms with van der Waals surface area (Å²) in [6, 6.07) is 0.163. The predicted octanol–water partition coefficient (Wildman–Crippen LogP) is 1.57. The number of hydrogen-bond acceptors (Lipinski definition) is 7. The van der Waals surface area contributed by atoms with Crippen LogP contribution in [-0.2, 0) is 16.0 Å². The lowest BCUT2D eigenvalue weighted by atomic mass is 10.1. The molecule has 0 radical (unpaired) electrons. The Bertz CT molecular complexity index is 486. The predicted molar refractivity (Wildman–Crippen MR) is 82.8 cm³/mol. The van der Waals surface area contributed by atoms with Crippen LogP contribution in [0.2, 0.25) is 0 Å². The molecule has 2 heterocycles. The van der Waals surface area contributed by atoms with Crippen LogP contribution in [0.15, 0.2) is 10.9 Å². The molecule has 1 aromatic rings. The van der Waals surface area contributed by atoms with Gasteiger partial charge in [0.1, 0.15) is 5.60 Å². The number of carbonyl (C=O) groups is 1. The van der Waals surface area contributed by atoms with E-state index in [0.29, 0.717) is 32.1 Å². The molecule has 1 amide bonds. The minimum atomic E-state index is -0.498. The van der Waals surface area contributed by atoms with Gasteiger partial charge in [-0.3, -0.25) is 0 Å². The Kier molecular flexibility index (Phi) is 5.95. The third-order valence-electron chi connectivity index (χ3n) is 3.50. The SMILES string of the molecule is CC(CC1COCCN1C(=O)OC(C)(C)C)NCc1ncon1. The van der Waals surface area contributed by atoms with E-state index in [0.717, 1.165) is 6.42 Å². The van der Waals surface area contributed by atoms with Crippen LogP contribution >= 0.6 is 0 Å². The van der Waals surface area contributed by atoms with E-state index >= 15 is 0 Å². The molecule has 23 heavy (non-hydrogen) atoms. The summed E-state index contributed by atoms with van der Waals surface area (Å²) in [5.41, 5.74) is -0.498. The third kappa shape index (κ3) is 5.80. The van der Waals surface area contributed by atoms with E-state index in [9.17, 15) is 4.79 Å². The van der Waals surface area contributed by atoms with Crippen molar-refractivity contribution in [3.05, 3.63) is 12.2 Å². The Balaban J connectivity index is 1.86. The molecule has 0 spiro atoms. The van der Waals surface area contributed by atoms with E-state index in [-0.39, 0.29) is 18.2 Å². The Labute approximate surface area is 136 Å². The fourth-order valence-electron chi connectivity index (χ4n) is 2.44. The summed E-state index contributed by atoms with van der Waals surface area (Å²) >= 11 is 0. The zero-order valence-corrected chi connectivity index (χ0v) is 14.2. The third-order valence-corrected chi connectivity index (χ3v) is 3.50. The molecular weight excluding hydrogens is 300 g/mol. The second-order valence-corrected chi connectivity index (χ2v) is 6.77. The van der Waals surface area contributed by atoms with Crippen molar-refractivity contribution in [1.82, 2.24) is 20.4 Å². The van der Waals surface area contributed by atoms with E-state index in [2.05, 4.69) is 22.4 Å².